The Kier molecular flexibility index (Phi) is 34.9. The fourth-order valence-electron chi connectivity index (χ4n) is 7.23. The van der Waals surface area contributed by atoms with Crippen LogP contribution in [0.4, 0.5) is 0 Å². The van der Waals surface area contributed by atoms with E-state index in [0.29, 0.717) is 32.1 Å². The Labute approximate surface area is 373 Å². The molecule has 0 spiro atoms. The number of phosphoric ester groups is 1. The lowest BCUT2D eigenvalue weighted by Gasteiger charge is -2.20. The van der Waals surface area contributed by atoms with Crippen LogP contribution in [0.5, 0.6) is 0 Å². The summed E-state index contributed by atoms with van der Waals surface area (Å²) in [6.45, 7) is 2.53. The molecule has 1 unspecified atom stereocenters. The van der Waals surface area contributed by atoms with Crippen molar-refractivity contribution in [3.63, 3.8) is 0 Å². The van der Waals surface area contributed by atoms with Crippen LogP contribution in [0.3, 0.4) is 0 Å². The first-order valence-electron chi connectivity index (χ1n) is 24.1. The lowest BCUT2D eigenvalue weighted by Crippen LogP contribution is -2.34. The van der Waals surface area contributed by atoms with Crippen LogP contribution in [0.25, 0.3) is 0 Å². The average Bonchev–Trinajstić information content (AvgIpc) is 3.60. The van der Waals surface area contributed by atoms with Gasteiger partial charge in [-0.15, -0.1) is 0 Å². The third kappa shape index (κ3) is 32.1. The molecule has 0 aliphatic heterocycles. The van der Waals surface area contributed by atoms with Crippen LogP contribution >= 0.6 is 7.82 Å². The summed E-state index contributed by atoms with van der Waals surface area (Å²) >= 11 is 0. The lowest BCUT2D eigenvalue weighted by atomic mass is 9.90. The van der Waals surface area contributed by atoms with Crippen LogP contribution in [0, 0.1) is 11.8 Å². The van der Waals surface area contributed by atoms with Crippen LogP contribution in [0.15, 0.2) is 36.5 Å². The first-order chi connectivity index (χ1) is 29.9. The number of carbonyl (C=O) groups excluding carboxylic acids is 3. The van der Waals surface area contributed by atoms with Gasteiger partial charge in [-0.3, -0.25) is 28.2 Å². The Balaban J connectivity index is 2.39. The number of carboxylic acid groups (broad SMARTS) is 1. The van der Waals surface area contributed by atoms with Gasteiger partial charge in [-0.25, -0.2) is 4.57 Å². The molecule has 0 saturated heterocycles. The minimum Gasteiger partial charge on any atom is -0.480 e. The maximum Gasteiger partial charge on any atom is 0.472 e. The molecule has 0 aromatic heterocycles. The number of unbranched alkanes of at least 4 members (excludes halogenated alkanes) is 21. The van der Waals surface area contributed by atoms with E-state index in [1.54, 1.807) is 18.2 Å². The molecule has 6 atom stereocenters. The van der Waals surface area contributed by atoms with E-state index in [2.05, 4.69) is 18.4 Å². The highest BCUT2D eigenvalue weighted by atomic mass is 31.2. The average molecular weight is 898 g/mol. The number of ketones is 1. The predicted octanol–water partition coefficient (Wildman–Crippen LogP) is 10.8. The van der Waals surface area contributed by atoms with Crippen molar-refractivity contribution in [2.75, 3.05) is 19.8 Å². The van der Waals surface area contributed by atoms with E-state index in [0.717, 1.165) is 38.5 Å². The van der Waals surface area contributed by atoms with Gasteiger partial charge in [0, 0.05) is 18.8 Å². The summed E-state index contributed by atoms with van der Waals surface area (Å²) in [5.41, 5.74) is 5.34. The van der Waals surface area contributed by atoms with Crippen molar-refractivity contribution in [2.24, 2.45) is 17.6 Å². The summed E-state index contributed by atoms with van der Waals surface area (Å²) in [7, 11) is -4.77. The number of ether oxygens (including phenoxy) is 2. The summed E-state index contributed by atoms with van der Waals surface area (Å²) in [6.07, 6.45) is 38.4. The molecule has 14 heteroatoms. The first kappa shape index (κ1) is 57.3. The summed E-state index contributed by atoms with van der Waals surface area (Å²) < 4.78 is 32.8. The zero-order valence-electron chi connectivity index (χ0n) is 38.3. The van der Waals surface area contributed by atoms with Gasteiger partial charge in [-0.05, 0) is 44.1 Å². The number of aliphatic carboxylic acids is 1. The number of esters is 2. The number of nitrogens with two attached hydrogens (primary N) is 1. The molecule has 1 rings (SSSR count). The Hall–Kier alpha value is -2.67. The van der Waals surface area contributed by atoms with E-state index in [-0.39, 0.29) is 30.5 Å². The van der Waals surface area contributed by atoms with Crippen LogP contribution in [-0.2, 0) is 42.3 Å². The van der Waals surface area contributed by atoms with E-state index in [1.807, 2.05) is 18.2 Å². The summed E-state index contributed by atoms with van der Waals surface area (Å²) in [6, 6.07) is -1.55. The quantitative estimate of drug-likeness (QED) is 0.0195. The van der Waals surface area contributed by atoms with E-state index in [9.17, 15) is 33.7 Å². The topological polar surface area (TPSA) is 209 Å². The van der Waals surface area contributed by atoms with Crippen molar-refractivity contribution in [3.05, 3.63) is 36.5 Å². The number of hydrogen-bond donors (Lipinski definition) is 4. The molecular formula is C48H84NO12P. The maximum absolute atomic E-state index is 12.7. The van der Waals surface area contributed by atoms with Gasteiger partial charge in [0.25, 0.3) is 0 Å². The fraction of sp³-hybridized carbons (Fsp3) is 0.792. The zero-order chi connectivity index (χ0) is 45.7. The van der Waals surface area contributed by atoms with Crippen molar-refractivity contribution in [1.82, 2.24) is 0 Å². The zero-order valence-corrected chi connectivity index (χ0v) is 39.2. The molecule has 1 aliphatic rings. The van der Waals surface area contributed by atoms with Gasteiger partial charge in [0.15, 0.2) is 11.9 Å². The molecule has 13 nitrogen and oxygen atoms in total. The van der Waals surface area contributed by atoms with Crippen molar-refractivity contribution in [3.8, 4) is 0 Å². The van der Waals surface area contributed by atoms with Crippen molar-refractivity contribution in [2.45, 2.75) is 212 Å². The number of carboxylic acids is 1. The van der Waals surface area contributed by atoms with Crippen LogP contribution in [0.1, 0.15) is 194 Å². The summed E-state index contributed by atoms with van der Waals surface area (Å²) in [5, 5.41) is 19.1. The molecule has 5 N–H and O–H groups in total. The van der Waals surface area contributed by atoms with Gasteiger partial charge in [-0.1, -0.05) is 179 Å². The van der Waals surface area contributed by atoms with Crippen LogP contribution < -0.4 is 5.73 Å². The molecule has 0 heterocycles. The van der Waals surface area contributed by atoms with Crippen molar-refractivity contribution < 1.29 is 57.4 Å². The minimum atomic E-state index is -4.77. The molecular weight excluding hydrogens is 813 g/mol. The Morgan fingerprint density at radius 2 is 1.24 bits per heavy atom. The number of aliphatic hydroxyl groups is 1. The Bertz CT molecular complexity index is 1340. The normalized spacial score (nSPS) is 17.7. The smallest absolute Gasteiger partial charge is 0.472 e. The summed E-state index contributed by atoms with van der Waals surface area (Å²) in [4.78, 5) is 58.7. The molecule has 1 aliphatic carbocycles. The molecule has 358 valence electrons. The van der Waals surface area contributed by atoms with Crippen LogP contribution in [-0.4, -0.2) is 76.9 Å². The van der Waals surface area contributed by atoms with Gasteiger partial charge in [0.2, 0.25) is 0 Å². The number of allylic oxidation sites excluding steroid dienone is 5. The second-order valence-corrected chi connectivity index (χ2v) is 18.4. The monoisotopic (exact) mass is 898 g/mol. The molecule has 0 saturated carbocycles. The number of phosphoric acid groups is 1. The number of hydrogen-bond acceptors (Lipinski definition) is 11. The minimum absolute atomic E-state index is 0.0119. The highest BCUT2D eigenvalue weighted by molar-refractivity contribution is 7.47. The molecule has 0 bridgehead atoms. The Morgan fingerprint density at radius 3 is 1.81 bits per heavy atom. The van der Waals surface area contributed by atoms with Crippen molar-refractivity contribution >= 4 is 31.5 Å². The summed E-state index contributed by atoms with van der Waals surface area (Å²) in [5.74, 6) is -2.86. The second kappa shape index (κ2) is 37.7. The Morgan fingerprint density at radius 1 is 0.726 bits per heavy atom. The van der Waals surface area contributed by atoms with Crippen molar-refractivity contribution in [1.29, 1.82) is 0 Å². The van der Waals surface area contributed by atoms with Gasteiger partial charge in [0.05, 0.1) is 19.3 Å². The number of aliphatic hydroxyl groups excluding tert-OH is 1. The molecule has 0 amide bonds. The third-order valence-corrected chi connectivity index (χ3v) is 12.1. The second-order valence-electron chi connectivity index (χ2n) is 16.9. The van der Waals surface area contributed by atoms with E-state index >= 15 is 0 Å². The molecule has 62 heavy (non-hydrogen) atoms. The maximum atomic E-state index is 12.7. The molecule has 0 radical (unpaired) electrons. The van der Waals surface area contributed by atoms with E-state index in [1.165, 1.54) is 96.3 Å². The number of carbonyl (C=O) groups is 4. The standard InChI is InChI=1S/C48H84NO12P/c1-3-5-7-8-9-10-11-12-13-14-15-16-17-18-19-20-21-22-27-31-46(52)58-37-42(38-59-62(56,57)60-39-44(49)48(54)55)61-47(53)32-28-24-23-26-29-40-33-36-45(51)43(40)35-34-41(50)30-25-6-4-2/h23,26,33-36,40-44,50H,3-22,24-25,27-32,37-39,49H2,1-2H3,(H,54,55)(H,56,57)/b26-23-,35-34+/t40-,41-,42+,43+,44-/m0/s1. The van der Waals surface area contributed by atoms with Gasteiger partial charge in [-0.2, -0.15) is 0 Å². The van der Waals surface area contributed by atoms with Gasteiger partial charge < -0.3 is 30.3 Å². The lowest BCUT2D eigenvalue weighted by molar-refractivity contribution is -0.161. The highest BCUT2D eigenvalue weighted by Crippen LogP contribution is 2.43. The molecule has 0 aromatic rings. The largest absolute Gasteiger partial charge is 0.480 e. The van der Waals surface area contributed by atoms with Gasteiger partial charge >= 0.3 is 25.7 Å². The van der Waals surface area contributed by atoms with E-state index in [4.69, 9.17) is 24.8 Å². The fourth-order valence-corrected chi connectivity index (χ4v) is 8.01. The number of rotatable bonds is 42. The highest BCUT2D eigenvalue weighted by Gasteiger charge is 2.29. The van der Waals surface area contributed by atoms with E-state index < -0.39 is 63.8 Å². The third-order valence-electron chi connectivity index (χ3n) is 11.1. The van der Waals surface area contributed by atoms with Gasteiger partial charge in [0.1, 0.15) is 12.6 Å². The predicted molar refractivity (Wildman–Crippen MR) is 244 cm³/mol. The first-order valence-corrected chi connectivity index (χ1v) is 25.6. The SMILES string of the molecule is CCCCCCCCCCCCCCCCCCCCCC(=O)OC[C@H](COP(=O)(O)OC[C@H](N)C(=O)O)OC(=O)CCC/C=C\C[C@H]1C=CC(=O)[C@@H]1/C=C/[C@@H](O)CCCCC. The molecule has 0 fully saturated rings. The van der Waals surface area contributed by atoms with Crippen LogP contribution in [0.2, 0.25) is 0 Å². The molecule has 0 aromatic carbocycles.